The highest BCUT2D eigenvalue weighted by Crippen LogP contribution is 2.25. The molecule has 27 heavy (non-hydrogen) atoms. The molecule has 9 nitrogen and oxygen atoms in total. The van der Waals surface area contributed by atoms with E-state index in [1.54, 1.807) is 0 Å². The largest absolute Gasteiger partial charge is 0.476 e. The quantitative estimate of drug-likeness (QED) is 0.357. The molecule has 1 aromatic carbocycles. The summed E-state index contributed by atoms with van der Waals surface area (Å²) in [6.07, 6.45) is -0.206. The van der Waals surface area contributed by atoms with Crippen LogP contribution in [-0.2, 0) is 21.2 Å². The number of carboxylic acid groups (broad SMARTS) is 1. The van der Waals surface area contributed by atoms with Crippen LogP contribution in [0.15, 0.2) is 28.6 Å². The lowest BCUT2D eigenvalue weighted by atomic mass is 10.1. The fourth-order valence-corrected chi connectivity index (χ4v) is 4.07. The van der Waals surface area contributed by atoms with E-state index in [0.717, 1.165) is 29.0 Å². The van der Waals surface area contributed by atoms with Crippen molar-refractivity contribution in [2.75, 3.05) is 4.72 Å². The van der Waals surface area contributed by atoms with Gasteiger partial charge in [0.25, 0.3) is 10.0 Å². The molecular weight excluding hydrogens is 399 g/mol. The van der Waals surface area contributed by atoms with Crippen LogP contribution in [-0.4, -0.2) is 36.1 Å². The van der Waals surface area contributed by atoms with E-state index >= 15 is 0 Å². The second-order valence-corrected chi connectivity index (χ2v) is 7.97. The van der Waals surface area contributed by atoms with Gasteiger partial charge >= 0.3 is 5.97 Å². The number of carboxylic acids is 1. The molecule has 1 aromatic heterocycles. The third-order valence-electron chi connectivity index (χ3n) is 3.39. The Labute approximate surface area is 157 Å². The average Bonchev–Trinajstić information content (AvgIpc) is 3.02. The lowest BCUT2D eigenvalue weighted by Gasteiger charge is -2.09. The minimum absolute atomic E-state index is 0.00603. The molecule has 5 N–H and O–H groups in total. The Morgan fingerprint density at radius 1 is 1.33 bits per heavy atom. The Morgan fingerprint density at radius 2 is 2.04 bits per heavy atom. The predicted molar refractivity (Wildman–Crippen MR) is 96.1 cm³/mol. The number of thiazole rings is 1. The molecule has 0 aliphatic heterocycles. The molecule has 0 fully saturated rings. The molecule has 2 rings (SSSR count). The zero-order valence-electron chi connectivity index (χ0n) is 13.7. The number of carbonyl (C=O) groups is 2. The van der Waals surface area contributed by atoms with Crippen LogP contribution in [0.25, 0.3) is 0 Å². The van der Waals surface area contributed by atoms with Crippen LogP contribution in [0, 0.1) is 11.2 Å². The van der Waals surface area contributed by atoms with Gasteiger partial charge in [0.1, 0.15) is 16.6 Å². The number of nitrogens with zero attached hydrogens (tertiary/aromatic N) is 1. The summed E-state index contributed by atoms with van der Waals surface area (Å²) < 4.78 is 41.0. The van der Waals surface area contributed by atoms with Gasteiger partial charge in [0.05, 0.1) is 16.2 Å². The van der Waals surface area contributed by atoms with Crippen molar-refractivity contribution in [3.8, 4) is 0 Å². The number of amidine groups is 1. The standard InChI is InChI=1S/C15H15FN4O5S2/c16-11-6-10(3-1-8(11)5-9(21)2-4-12(17)18)27(24,25)20-14-13(15(22)23)19-7-26-14/h1,3,6-7,20H,2,4-5H2,(H3,17,18)(H,22,23). The van der Waals surface area contributed by atoms with Gasteiger partial charge in [0.15, 0.2) is 5.69 Å². The molecule has 12 heteroatoms. The molecule has 0 spiro atoms. The van der Waals surface area contributed by atoms with Crippen molar-refractivity contribution in [1.29, 1.82) is 5.41 Å². The first-order valence-electron chi connectivity index (χ1n) is 7.42. The number of aromatic nitrogens is 1. The molecular formula is C15H15FN4O5S2. The van der Waals surface area contributed by atoms with Crippen molar-refractivity contribution >= 4 is 43.9 Å². The highest BCUT2D eigenvalue weighted by atomic mass is 32.2. The maximum absolute atomic E-state index is 14.2. The van der Waals surface area contributed by atoms with Gasteiger partial charge in [-0.15, -0.1) is 11.3 Å². The highest BCUT2D eigenvalue weighted by Gasteiger charge is 2.22. The minimum atomic E-state index is -4.24. The van der Waals surface area contributed by atoms with E-state index in [4.69, 9.17) is 16.2 Å². The smallest absolute Gasteiger partial charge is 0.357 e. The van der Waals surface area contributed by atoms with Crippen LogP contribution in [0.2, 0.25) is 0 Å². The second kappa shape index (κ2) is 8.22. The SMILES string of the molecule is N=C(N)CCC(=O)Cc1ccc(S(=O)(=O)Nc2scnc2C(=O)O)cc1F. The monoisotopic (exact) mass is 414 g/mol. The maximum atomic E-state index is 14.2. The molecule has 1 heterocycles. The molecule has 0 radical (unpaired) electrons. The zero-order valence-corrected chi connectivity index (χ0v) is 15.4. The second-order valence-electron chi connectivity index (χ2n) is 5.43. The van der Waals surface area contributed by atoms with Gasteiger partial charge in [-0.25, -0.2) is 22.6 Å². The number of halogens is 1. The van der Waals surface area contributed by atoms with E-state index in [9.17, 15) is 22.4 Å². The summed E-state index contributed by atoms with van der Waals surface area (Å²) in [5.74, 6) is -2.79. The van der Waals surface area contributed by atoms with Crippen LogP contribution in [0.3, 0.4) is 0 Å². The van der Waals surface area contributed by atoms with Crippen molar-refractivity contribution in [3.63, 3.8) is 0 Å². The maximum Gasteiger partial charge on any atom is 0.357 e. The Hall–Kier alpha value is -2.86. The van der Waals surface area contributed by atoms with Gasteiger partial charge in [0.2, 0.25) is 0 Å². The summed E-state index contributed by atoms with van der Waals surface area (Å²) in [5, 5.41) is 15.8. The van der Waals surface area contributed by atoms with Crippen LogP contribution < -0.4 is 10.5 Å². The number of anilines is 1. The van der Waals surface area contributed by atoms with Crippen LogP contribution in [0.4, 0.5) is 9.39 Å². The van der Waals surface area contributed by atoms with Gasteiger partial charge in [-0.05, 0) is 17.7 Å². The van der Waals surface area contributed by atoms with Gasteiger partial charge < -0.3 is 10.8 Å². The van der Waals surface area contributed by atoms with Crippen LogP contribution >= 0.6 is 11.3 Å². The molecule has 0 aliphatic rings. The number of nitrogens with two attached hydrogens (primary N) is 1. The van der Waals surface area contributed by atoms with Crippen LogP contribution in [0.1, 0.15) is 28.9 Å². The average molecular weight is 414 g/mol. The van der Waals surface area contributed by atoms with Crippen molar-refractivity contribution in [1.82, 2.24) is 4.98 Å². The first-order chi connectivity index (χ1) is 12.6. The van der Waals surface area contributed by atoms with E-state index in [2.05, 4.69) is 9.71 Å². The first kappa shape index (κ1) is 20.5. The number of hydrogen-bond donors (Lipinski definition) is 4. The number of nitrogens with one attached hydrogen (secondary N) is 2. The fourth-order valence-electron chi connectivity index (χ4n) is 2.07. The Bertz CT molecular complexity index is 1000. The number of sulfonamides is 1. The number of Topliss-reactive ketones (excluding diaryl/α,β-unsaturated/α-hetero) is 1. The third-order valence-corrected chi connectivity index (χ3v) is 5.61. The van der Waals surface area contributed by atoms with E-state index in [-0.39, 0.29) is 41.4 Å². The van der Waals surface area contributed by atoms with Gasteiger partial charge in [0, 0.05) is 19.3 Å². The number of aromatic carboxylic acids is 1. The number of rotatable bonds is 9. The van der Waals surface area contributed by atoms with E-state index in [1.165, 1.54) is 6.07 Å². The molecule has 0 unspecified atom stereocenters. The number of benzene rings is 1. The molecule has 2 aromatic rings. The van der Waals surface area contributed by atoms with E-state index < -0.39 is 32.4 Å². The summed E-state index contributed by atoms with van der Waals surface area (Å²) in [6.45, 7) is 0. The summed E-state index contributed by atoms with van der Waals surface area (Å²) in [4.78, 5) is 25.9. The van der Waals surface area contributed by atoms with Gasteiger partial charge in [-0.3, -0.25) is 14.9 Å². The summed E-state index contributed by atoms with van der Waals surface area (Å²) in [5.41, 5.74) is 5.87. The molecule has 0 atom stereocenters. The Balaban J connectivity index is 2.18. The lowest BCUT2D eigenvalue weighted by molar-refractivity contribution is -0.118. The van der Waals surface area contributed by atoms with Crippen molar-refractivity contribution in [3.05, 3.63) is 40.8 Å². The van der Waals surface area contributed by atoms with Gasteiger partial charge in [-0.1, -0.05) is 6.07 Å². The Kier molecular flexibility index (Phi) is 6.23. The topological polar surface area (TPSA) is 163 Å². The summed E-state index contributed by atoms with van der Waals surface area (Å²) >= 11 is 0.775. The number of ketones is 1. The molecule has 144 valence electrons. The van der Waals surface area contributed by atoms with Crippen molar-refractivity contribution in [2.45, 2.75) is 24.2 Å². The van der Waals surface area contributed by atoms with Crippen molar-refractivity contribution < 1.29 is 27.5 Å². The summed E-state index contributed by atoms with van der Waals surface area (Å²) in [6, 6.07) is 3.03. The molecule has 0 saturated heterocycles. The first-order valence-corrected chi connectivity index (χ1v) is 9.79. The Morgan fingerprint density at radius 3 is 2.63 bits per heavy atom. The minimum Gasteiger partial charge on any atom is -0.476 e. The van der Waals surface area contributed by atoms with E-state index in [1.807, 2.05) is 0 Å². The number of carbonyl (C=O) groups excluding carboxylic acids is 1. The third kappa shape index (κ3) is 5.31. The fraction of sp³-hybridized carbons (Fsp3) is 0.200. The molecule has 0 saturated carbocycles. The predicted octanol–water partition coefficient (Wildman–Crippen LogP) is 1.61. The van der Waals surface area contributed by atoms with Gasteiger partial charge in [-0.2, -0.15) is 0 Å². The number of hydrogen-bond acceptors (Lipinski definition) is 7. The highest BCUT2D eigenvalue weighted by molar-refractivity contribution is 7.93. The molecule has 0 amide bonds. The normalized spacial score (nSPS) is 11.1. The molecule has 0 aliphatic carbocycles. The lowest BCUT2D eigenvalue weighted by Crippen LogP contribution is -2.16. The zero-order chi connectivity index (χ0) is 20.2. The van der Waals surface area contributed by atoms with Crippen molar-refractivity contribution in [2.24, 2.45) is 5.73 Å². The molecule has 0 bridgehead atoms. The summed E-state index contributed by atoms with van der Waals surface area (Å²) in [7, 11) is -4.24. The van der Waals surface area contributed by atoms with E-state index in [0.29, 0.717) is 0 Å². The van der Waals surface area contributed by atoms with Crippen LogP contribution in [0.5, 0.6) is 0 Å².